The van der Waals surface area contributed by atoms with Gasteiger partial charge in [0.2, 0.25) is 0 Å². The summed E-state index contributed by atoms with van der Waals surface area (Å²) in [5.41, 5.74) is 0.554. The van der Waals surface area contributed by atoms with Gasteiger partial charge < -0.3 is 5.32 Å². The minimum Gasteiger partial charge on any atom is -0.315 e. The van der Waals surface area contributed by atoms with E-state index in [1.165, 1.54) is 11.3 Å². The van der Waals surface area contributed by atoms with Crippen molar-refractivity contribution in [3.05, 3.63) is 16.5 Å². The Kier molecular flexibility index (Phi) is 4.35. The maximum atomic E-state index is 12.1. The normalized spacial score (nSPS) is 13.0. The summed E-state index contributed by atoms with van der Waals surface area (Å²) in [6.07, 6.45) is 0. The lowest BCUT2D eigenvalue weighted by Crippen LogP contribution is -2.40. The van der Waals surface area contributed by atoms with E-state index < -0.39 is 15.6 Å². The first-order valence-corrected chi connectivity index (χ1v) is 7.73. The average Bonchev–Trinajstić information content (AvgIpc) is 2.45. The van der Waals surface area contributed by atoms with Crippen LogP contribution in [0.1, 0.15) is 31.2 Å². The molecule has 98 valence electrons. The summed E-state index contributed by atoms with van der Waals surface area (Å²) in [5.74, 6) is 0. The van der Waals surface area contributed by atoms with Crippen LogP contribution in [-0.2, 0) is 16.6 Å². The molecule has 0 aromatic carbocycles. The molecular formula is C11H20N2O2S2. The van der Waals surface area contributed by atoms with Gasteiger partial charge >= 0.3 is 0 Å². The SMILES string of the molecule is CNCc1sc(S(=O)(=O)NC(C)(C)C)cc1C. The summed E-state index contributed by atoms with van der Waals surface area (Å²) in [6.45, 7) is 8.12. The Bertz CT molecular complexity index is 484. The Morgan fingerprint density at radius 3 is 2.41 bits per heavy atom. The number of hydrogen-bond acceptors (Lipinski definition) is 4. The highest BCUT2D eigenvalue weighted by Gasteiger charge is 2.24. The minimum atomic E-state index is -3.40. The molecule has 0 radical (unpaired) electrons. The fourth-order valence-corrected chi connectivity index (χ4v) is 4.43. The van der Waals surface area contributed by atoms with E-state index in [0.717, 1.165) is 10.4 Å². The third kappa shape index (κ3) is 4.06. The second kappa shape index (κ2) is 5.06. The fraction of sp³-hybridized carbons (Fsp3) is 0.636. The Morgan fingerprint density at radius 1 is 1.35 bits per heavy atom. The molecule has 1 aromatic rings. The number of thiophene rings is 1. The van der Waals surface area contributed by atoms with E-state index in [4.69, 9.17) is 0 Å². The van der Waals surface area contributed by atoms with Crippen molar-refractivity contribution in [3.63, 3.8) is 0 Å². The zero-order valence-corrected chi connectivity index (χ0v) is 12.6. The molecule has 1 heterocycles. The molecule has 6 heteroatoms. The molecule has 0 amide bonds. The molecule has 0 bridgehead atoms. The molecule has 0 aliphatic heterocycles. The van der Waals surface area contributed by atoms with E-state index in [1.54, 1.807) is 6.07 Å². The highest BCUT2D eigenvalue weighted by Crippen LogP contribution is 2.26. The van der Waals surface area contributed by atoms with Crippen LogP contribution in [0.5, 0.6) is 0 Å². The largest absolute Gasteiger partial charge is 0.315 e. The van der Waals surface area contributed by atoms with Crippen molar-refractivity contribution < 1.29 is 8.42 Å². The van der Waals surface area contributed by atoms with Crippen LogP contribution in [0.25, 0.3) is 0 Å². The lowest BCUT2D eigenvalue weighted by atomic mass is 10.1. The fourth-order valence-electron chi connectivity index (χ4n) is 1.41. The number of aryl methyl sites for hydroxylation is 1. The van der Waals surface area contributed by atoms with Gasteiger partial charge in [-0.2, -0.15) is 0 Å². The molecule has 4 nitrogen and oxygen atoms in total. The maximum absolute atomic E-state index is 12.1. The number of sulfonamides is 1. The molecule has 0 aliphatic carbocycles. The van der Waals surface area contributed by atoms with Gasteiger partial charge in [-0.15, -0.1) is 11.3 Å². The minimum absolute atomic E-state index is 0.384. The number of nitrogens with one attached hydrogen (secondary N) is 2. The Morgan fingerprint density at radius 2 is 1.94 bits per heavy atom. The zero-order valence-electron chi connectivity index (χ0n) is 10.9. The van der Waals surface area contributed by atoms with Crippen LogP contribution in [0.4, 0.5) is 0 Å². The lowest BCUT2D eigenvalue weighted by molar-refractivity contribution is 0.492. The topological polar surface area (TPSA) is 58.2 Å². The number of hydrogen-bond donors (Lipinski definition) is 2. The van der Waals surface area contributed by atoms with Crippen molar-refractivity contribution in [1.82, 2.24) is 10.0 Å². The molecule has 0 unspecified atom stereocenters. The molecular weight excluding hydrogens is 256 g/mol. The van der Waals surface area contributed by atoms with E-state index in [1.807, 2.05) is 34.7 Å². The van der Waals surface area contributed by atoms with Gasteiger partial charge in [0.25, 0.3) is 10.0 Å². The quantitative estimate of drug-likeness (QED) is 0.882. The van der Waals surface area contributed by atoms with E-state index >= 15 is 0 Å². The predicted molar refractivity (Wildman–Crippen MR) is 71.9 cm³/mol. The molecule has 0 fully saturated rings. The van der Waals surface area contributed by atoms with E-state index in [0.29, 0.717) is 10.8 Å². The first-order valence-electron chi connectivity index (χ1n) is 5.43. The molecule has 1 aromatic heterocycles. The van der Waals surface area contributed by atoms with Gasteiger partial charge in [0.15, 0.2) is 0 Å². The van der Waals surface area contributed by atoms with Crippen LogP contribution in [-0.4, -0.2) is 21.0 Å². The Labute approximate surface area is 107 Å². The zero-order chi connectivity index (χ0) is 13.3. The Balaban J connectivity index is 3.04. The van der Waals surface area contributed by atoms with Crippen LogP contribution < -0.4 is 10.0 Å². The molecule has 0 spiro atoms. The van der Waals surface area contributed by atoms with Gasteiger partial charge in [0.1, 0.15) is 4.21 Å². The van der Waals surface area contributed by atoms with Crippen molar-refractivity contribution in [2.75, 3.05) is 7.05 Å². The Hall–Kier alpha value is -0.430. The second-order valence-electron chi connectivity index (χ2n) is 5.06. The first kappa shape index (κ1) is 14.6. The molecule has 0 aliphatic rings. The van der Waals surface area contributed by atoms with Crippen molar-refractivity contribution in [1.29, 1.82) is 0 Å². The summed E-state index contributed by atoms with van der Waals surface area (Å²) >= 11 is 1.32. The van der Waals surface area contributed by atoms with E-state index in [2.05, 4.69) is 10.0 Å². The molecule has 2 N–H and O–H groups in total. The van der Waals surface area contributed by atoms with Crippen LogP contribution in [0, 0.1) is 6.92 Å². The average molecular weight is 276 g/mol. The maximum Gasteiger partial charge on any atom is 0.250 e. The predicted octanol–water partition coefficient (Wildman–Crippen LogP) is 1.85. The van der Waals surface area contributed by atoms with Crippen molar-refractivity contribution in [2.45, 2.75) is 44.0 Å². The van der Waals surface area contributed by atoms with Crippen molar-refractivity contribution in [3.8, 4) is 0 Å². The summed E-state index contributed by atoms with van der Waals surface area (Å²) in [5, 5.41) is 3.03. The van der Waals surface area contributed by atoms with Crippen LogP contribution in [0.3, 0.4) is 0 Å². The van der Waals surface area contributed by atoms with E-state index in [9.17, 15) is 8.42 Å². The summed E-state index contributed by atoms with van der Waals surface area (Å²) < 4.78 is 27.2. The molecule has 0 saturated heterocycles. The van der Waals surface area contributed by atoms with Gasteiger partial charge in [0, 0.05) is 17.0 Å². The molecule has 1 rings (SSSR count). The van der Waals surface area contributed by atoms with E-state index in [-0.39, 0.29) is 0 Å². The highest BCUT2D eigenvalue weighted by atomic mass is 32.2. The number of rotatable bonds is 4. The smallest absolute Gasteiger partial charge is 0.250 e. The van der Waals surface area contributed by atoms with Crippen LogP contribution in [0.2, 0.25) is 0 Å². The van der Waals surface area contributed by atoms with Crippen LogP contribution in [0.15, 0.2) is 10.3 Å². The molecule has 17 heavy (non-hydrogen) atoms. The molecule has 0 saturated carbocycles. The second-order valence-corrected chi connectivity index (χ2v) is 8.10. The van der Waals surface area contributed by atoms with Gasteiger partial charge in [0.05, 0.1) is 0 Å². The summed E-state index contributed by atoms with van der Waals surface area (Å²) in [4.78, 5) is 1.06. The highest BCUT2D eigenvalue weighted by molar-refractivity contribution is 7.91. The summed E-state index contributed by atoms with van der Waals surface area (Å²) in [7, 11) is -1.55. The van der Waals surface area contributed by atoms with Gasteiger partial charge in [-0.1, -0.05) is 0 Å². The monoisotopic (exact) mass is 276 g/mol. The third-order valence-electron chi connectivity index (χ3n) is 2.04. The van der Waals surface area contributed by atoms with Crippen LogP contribution >= 0.6 is 11.3 Å². The third-order valence-corrected chi connectivity index (χ3v) is 5.51. The first-order chi connectivity index (χ1) is 7.65. The molecule has 0 atom stereocenters. The lowest BCUT2D eigenvalue weighted by Gasteiger charge is -2.19. The van der Waals surface area contributed by atoms with Gasteiger partial charge in [-0.3, -0.25) is 0 Å². The van der Waals surface area contributed by atoms with Crippen molar-refractivity contribution >= 4 is 21.4 Å². The standard InChI is InChI=1S/C11H20N2O2S2/c1-8-6-10(16-9(8)7-12-5)17(14,15)13-11(2,3)4/h6,12-13H,7H2,1-5H3. The summed E-state index contributed by atoms with van der Waals surface area (Å²) in [6, 6.07) is 1.73. The van der Waals surface area contributed by atoms with Gasteiger partial charge in [-0.05, 0) is 46.4 Å². The van der Waals surface area contributed by atoms with Gasteiger partial charge in [-0.25, -0.2) is 13.1 Å². The van der Waals surface area contributed by atoms with Crippen molar-refractivity contribution in [2.24, 2.45) is 0 Å².